The quantitative estimate of drug-likeness (QED) is 0.856. The van der Waals surface area contributed by atoms with Gasteiger partial charge in [0.05, 0.1) is 0 Å². The van der Waals surface area contributed by atoms with Crippen LogP contribution in [-0.2, 0) is 6.42 Å². The average molecular weight is 285 g/mol. The first-order valence-corrected chi connectivity index (χ1v) is 8.11. The Morgan fingerprint density at radius 1 is 1.42 bits per heavy atom. The molecule has 1 saturated heterocycles. The molecule has 2 unspecified atom stereocenters. The molecule has 0 aromatic heterocycles. The van der Waals surface area contributed by atoms with Crippen molar-refractivity contribution >= 4 is 11.8 Å². The van der Waals surface area contributed by atoms with Crippen molar-refractivity contribution < 1.29 is 8.78 Å². The van der Waals surface area contributed by atoms with Crippen molar-refractivity contribution in [2.24, 2.45) is 5.92 Å². The molecule has 1 heterocycles. The molecule has 1 aromatic rings. The van der Waals surface area contributed by atoms with Gasteiger partial charge < -0.3 is 5.32 Å². The molecule has 0 spiro atoms. The highest BCUT2D eigenvalue weighted by molar-refractivity contribution is 7.99. The van der Waals surface area contributed by atoms with Gasteiger partial charge in [0.25, 0.3) is 0 Å². The Balaban J connectivity index is 2.05. The van der Waals surface area contributed by atoms with Crippen molar-refractivity contribution in [2.45, 2.75) is 32.2 Å². The second-order valence-corrected chi connectivity index (χ2v) is 6.27. The molecule has 1 N–H and O–H groups in total. The lowest BCUT2D eigenvalue weighted by Gasteiger charge is -2.24. The molecule has 106 valence electrons. The number of benzene rings is 1. The topological polar surface area (TPSA) is 12.0 Å². The fraction of sp³-hybridized carbons (Fsp3) is 0.600. The van der Waals surface area contributed by atoms with Crippen molar-refractivity contribution in [1.29, 1.82) is 0 Å². The molecule has 0 amide bonds. The van der Waals surface area contributed by atoms with Crippen molar-refractivity contribution in [3.05, 3.63) is 35.4 Å². The Morgan fingerprint density at radius 2 is 2.26 bits per heavy atom. The molecular formula is C15H21F2NS. The Bertz CT molecular complexity index is 405. The normalized spacial score (nSPS) is 20.7. The van der Waals surface area contributed by atoms with Gasteiger partial charge in [-0.3, -0.25) is 0 Å². The first kappa shape index (κ1) is 14.8. The predicted octanol–water partition coefficient (Wildman–Crippen LogP) is 3.63. The summed E-state index contributed by atoms with van der Waals surface area (Å²) in [4.78, 5) is 0. The molecule has 1 aliphatic rings. The summed E-state index contributed by atoms with van der Waals surface area (Å²) < 4.78 is 26.7. The summed E-state index contributed by atoms with van der Waals surface area (Å²) in [6.07, 6.45) is 2.91. The van der Waals surface area contributed by atoms with E-state index in [1.807, 2.05) is 11.8 Å². The molecule has 0 saturated carbocycles. The standard InChI is InChI=1S/C15H21F2NS/c1-2-6-18-15(12-5-7-19-10-12)8-11-3-4-13(16)9-14(11)17/h3-4,9,12,15,18H,2,5-8,10H2,1H3. The van der Waals surface area contributed by atoms with E-state index in [1.54, 1.807) is 6.07 Å². The molecule has 19 heavy (non-hydrogen) atoms. The summed E-state index contributed by atoms with van der Waals surface area (Å²) in [5, 5.41) is 3.53. The predicted molar refractivity (Wildman–Crippen MR) is 77.6 cm³/mol. The third-order valence-corrected chi connectivity index (χ3v) is 4.83. The van der Waals surface area contributed by atoms with Crippen LogP contribution in [0.1, 0.15) is 25.3 Å². The highest BCUT2D eigenvalue weighted by Crippen LogP contribution is 2.28. The fourth-order valence-electron chi connectivity index (χ4n) is 2.53. The van der Waals surface area contributed by atoms with Gasteiger partial charge in [-0.2, -0.15) is 11.8 Å². The maximum absolute atomic E-state index is 13.7. The van der Waals surface area contributed by atoms with Crippen molar-refractivity contribution in [2.75, 3.05) is 18.1 Å². The van der Waals surface area contributed by atoms with Gasteiger partial charge in [0.1, 0.15) is 11.6 Å². The van der Waals surface area contributed by atoms with Crippen LogP contribution in [0.2, 0.25) is 0 Å². The van der Waals surface area contributed by atoms with E-state index < -0.39 is 11.6 Å². The number of halogens is 2. The van der Waals surface area contributed by atoms with Crippen molar-refractivity contribution in [1.82, 2.24) is 5.32 Å². The zero-order valence-corrected chi connectivity index (χ0v) is 12.1. The summed E-state index contributed by atoms with van der Waals surface area (Å²) in [5.41, 5.74) is 0.618. The molecule has 1 fully saturated rings. The number of hydrogen-bond donors (Lipinski definition) is 1. The van der Waals surface area contributed by atoms with Crippen molar-refractivity contribution in [3.8, 4) is 0 Å². The van der Waals surface area contributed by atoms with E-state index in [9.17, 15) is 8.78 Å². The Kier molecular flexibility index (Phi) is 5.64. The van der Waals surface area contributed by atoms with Gasteiger partial charge in [0.15, 0.2) is 0 Å². The summed E-state index contributed by atoms with van der Waals surface area (Å²) >= 11 is 1.97. The number of nitrogens with one attached hydrogen (secondary N) is 1. The molecule has 0 radical (unpaired) electrons. The SMILES string of the molecule is CCCNC(Cc1ccc(F)cc1F)C1CCSC1. The molecule has 1 nitrogen and oxygen atoms in total. The fourth-order valence-corrected chi connectivity index (χ4v) is 3.87. The second-order valence-electron chi connectivity index (χ2n) is 5.12. The molecule has 1 aromatic carbocycles. The summed E-state index contributed by atoms with van der Waals surface area (Å²) in [7, 11) is 0. The molecular weight excluding hydrogens is 264 g/mol. The zero-order valence-electron chi connectivity index (χ0n) is 11.3. The van der Waals surface area contributed by atoms with Gasteiger partial charge in [0.2, 0.25) is 0 Å². The Hall–Kier alpha value is -0.610. The van der Waals surface area contributed by atoms with Gasteiger partial charge >= 0.3 is 0 Å². The lowest BCUT2D eigenvalue weighted by molar-refractivity contribution is 0.375. The lowest BCUT2D eigenvalue weighted by atomic mass is 9.92. The third-order valence-electron chi connectivity index (χ3n) is 3.65. The minimum atomic E-state index is -0.504. The van der Waals surface area contributed by atoms with Gasteiger partial charge in [0, 0.05) is 12.1 Å². The van der Waals surface area contributed by atoms with Gasteiger partial charge in [-0.1, -0.05) is 13.0 Å². The van der Waals surface area contributed by atoms with Crippen LogP contribution in [0.25, 0.3) is 0 Å². The molecule has 2 atom stereocenters. The second kappa shape index (κ2) is 7.25. The van der Waals surface area contributed by atoms with E-state index in [2.05, 4.69) is 12.2 Å². The molecule has 2 rings (SSSR count). The Morgan fingerprint density at radius 3 is 2.89 bits per heavy atom. The van der Waals surface area contributed by atoms with Gasteiger partial charge in [-0.05, 0) is 54.9 Å². The summed E-state index contributed by atoms with van der Waals surface area (Å²) in [6.45, 7) is 3.08. The van der Waals surface area contributed by atoms with E-state index in [-0.39, 0.29) is 0 Å². The van der Waals surface area contributed by atoms with Crippen LogP contribution < -0.4 is 5.32 Å². The van der Waals surface area contributed by atoms with Crippen molar-refractivity contribution in [3.63, 3.8) is 0 Å². The zero-order chi connectivity index (χ0) is 13.7. The highest BCUT2D eigenvalue weighted by atomic mass is 32.2. The van der Waals surface area contributed by atoms with Gasteiger partial charge in [-0.25, -0.2) is 8.78 Å². The van der Waals surface area contributed by atoms with Crippen LogP contribution in [0.5, 0.6) is 0 Å². The molecule has 0 aliphatic carbocycles. The first-order chi connectivity index (χ1) is 9.20. The van der Waals surface area contributed by atoms with Crippen LogP contribution in [0, 0.1) is 17.6 Å². The van der Waals surface area contributed by atoms with E-state index in [0.717, 1.165) is 24.8 Å². The minimum Gasteiger partial charge on any atom is -0.313 e. The largest absolute Gasteiger partial charge is 0.313 e. The van der Waals surface area contributed by atoms with E-state index in [0.29, 0.717) is 23.9 Å². The monoisotopic (exact) mass is 285 g/mol. The molecule has 0 bridgehead atoms. The maximum Gasteiger partial charge on any atom is 0.129 e. The van der Waals surface area contributed by atoms with E-state index >= 15 is 0 Å². The van der Waals surface area contributed by atoms with Crippen LogP contribution in [0.4, 0.5) is 8.78 Å². The third kappa shape index (κ3) is 4.18. The number of thioether (sulfide) groups is 1. The average Bonchev–Trinajstić information content (AvgIpc) is 2.90. The molecule has 1 aliphatic heterocycles. The number of hydrogen-bond acceptors (Lipinski definition) is 2. The Labute approximate surface area is 118 Å². The molecule has 4 heteroatoms. The van der Waals surface area contributed by atoms with Crippen LogP contribution in [0.15, 0.2) is 18.2 Å². The smallest absolute Gasteiger partial charge is 0.129 e. The van der Waals surface area contributed by atoms with Crippen LogP contribution in [0.3, 0.4) is 0 Å². The van der Waals surface area contributed by atoms with Gasteiger partial charge in [-0.15, -0.1) is 0 Å². The summed E-state index contributed by atoms with van der Waals surface area (Å²) in [5.74, 6) is 2.01. The minimum absolute atomic E-state index is 0.301. The maximum atomic E-state index is 13.7. The van der Waals surface area contributed by atoms with Crippen LogP contribution >= 0.6 is 11.8 Å². The van der Waals surface area contributed by atoms with E-state index in [1.165, 1.54) is 18.2 Å². The number of rotatable bonds is 6. The highest BCUT2D eigenvalue weighted by Gasteiger charge is 2.25. The summed E-state index contributed by atoms with van der Waals surface area (Å²) in [6, 6.07) is 4.21. The lowest BCUT2D eigenvalue weighted by Crippen LogP contribution is -2.38. The first-order valence-electron chi connectivity index (χ1n) is 6.95. The van der Waals surface area contributed by atoms with Crippen LogP contribution in [-0.4, -0.2) is 24.1 Å². The van der Waals surface area contributed by atoms with E-state index in [4.69, 9.17) is 0 Å².